The Kier molecular flexibility index (Phi) is 4.60. The number of pyridine rings is 2. The van der Waals surface area contributed by atoms with Crippen LogP contribution in [-0.2, 0) is 4.74 Å². The Morgan fingerprint density at radius 3 is 2.28 bits per heavy atom. The Balaban J connectivity index is 2.21. The molecule has 0 spiro atoms. The number of hydrogen-bond donors (Lipinski definition) is 1. The molecule has 0 radical (unpaired) electrons. The Labute approximate surface area is 166 Å². The molecule has 2 heterocycles. The minimum Gasteiger partial charge on any atom is -0.505 e. The van der Waals surface area contributed by atoms with Crippen LogP contribution in [-0.4, -0.2) is 27.7 Å². The van der Waals surface area contributed by atoms with E-state index in [4.69, 9.17) is 4.74 Å². The van der Waals surface area contributed by atoms with Gasteiger partial charge < -0.3 is 9.84 Å². The predicted octanol–water partition coefficient (Wildman–Crippen LogP) is 3.85. The summed E-state index contributed by atoms with van der Waals surface area (Å²) in [6.07, 6.45) is 1.41. The van der Waals surface area contributed by atoms with Crippen LogP contribution in [0.15, 0.2) is 71.7 Å². The van der Waals surface area contributed by atoms with E-state index < -0.39 is 5.97 Å². The van der Waals surface area contributed by atoms with Gasteiger partial charge in [0.15, 0.2) is 11.4 Å². The minimum absolute atomic E-state index is 0.194. The van der Waals surface area contributed by atoms with Crippen LogP contribution < -0.4 is 5.56 Å². The zero-order valence-electron chi connectivity index (χ0n) is 15.9. The number of hydrogen-bond acceptors (Lipinski definition) is 5. The Morgan fingerprint density at radius 1 is 1.03 bits per heavy atom. The summed E-state index contributed by atoms with van der Waals surface area (Å²) in [6, 6.07) is 18.3. The van der Waals surface area contributed by atoms with Crippen LogP contribution in [0, 0.1) is 6.92 Å². The van der Waals surface area contributed by atoms with E-state index >= 15 is 0 Å². The second-order valence-corrected chi connectivity index (χ2v) is 6.55. The zero-order chi connectivity index (χ0) is 20.5. The molecule has 0 aliphatic heterocycles. The SMILES string of the molecule is COC(=O)c1ncc2c(c(C)c(-c3ccccc3)c(=O)n2-c2ccccc2)c1O. The third-order valence-corrected chi connectivity index (χ3v) is 4.90. The van der Waals surface area contributed by atoms with E-state index in [2.05, 4.69) is 4.98 Å². The maximum Gasteiger partial charge on any atom is 0.360 e. The molecule has 0 amide bonds. The number of rotatable bonds is 3. The molecule has 0 atom stereocenters. The molecule has 0 fully saturated rings. The van der Waals surface area contributed by atoms with Crippen molar-refractivity contribution in [3.8, 4) is 22.6 Å². The molecule has 1 N–H and O–H groups in total. The van der Waals surface area contributed by atoms with E-state index in [0.29, 0.717) is 27.7 Å². The van der Waals surface area contributed by atoms with Gasteiger partial charge in [0.1, 0.15) is 0 Å². The number of nitrogens with zero attached hydrogens (tertiary/aromatic N) is 2. The maximum absolute atomic E-state index is 13.6. The van der Waals surface area contributed by atoms with Crippen LogP contribution in [0.25, 0.3) is 27.7 Å². The summed E-state index contributed by atoms with van der Waals surface area (Å²) >= 11 is 0. The molecule has 0 unspecified atom stereocenters. The highest BCUT2D eigenvalue weighted by Gasteiger charge is 2.23. The van der Waals surface area contributed by atoms with Gasteiger partial charge in [0, 0.05) is 11.1 Å². The van der Waals surface area contributed by atoms with Crippen LogP contribution >= 0.6 is 0 Å². The number of ether oxygens (including phenoxy) is 1. The number of methoxy groups -OCH3 is 1. The molecule has 0 bridgehead atoms. The molecule has 6 nitrogen and oxygen atoms in total. The lowest BCUT2D eigenvalue weighted by atomic mass is 9.97. The van der Waals surface area contributed by atoms with Crippen LogP contribution in [0.4, 0.5) is 0 Å². The molecule has 0 aliphatic rings. The molecular formula is C23H18N2O4. The molecule has 0 aliphatic carbocycles. The fraction of sp³-hybridized carbons (Fsp3) is 0.0870. The van der Waals surface area contributed by atoms with Gasteiger partial charge in [0.2, 0.25) is 0 Å². The molecule has 2 aromatic carbocycles. The summed E-state index contributed by atoms with van der Waals surface area (Å²) < 4.78 is 6.23. The van der Waals surface area contributed by atoms with Crippen molar-refractivity contribution in [3.63, 3.8) is 0 Å². The van der Waals surface area contributed by atoms with Crippen molar-refractivity contribution in [1.82, 2.24) is 9.55 Å². The zero-order valence-corrected chi connectivity index (χ0v) is 15.9. The highest BCUT2D eigenvalue weighted by atomic mass is 16.5. The number of fused-ring (bicyclic) bond motifs is 1. The van der Waals surface area contributed by atoms with Crippen molar-refractivity contribution >= 4 is 16.9 Å². The molecule has 29 heavy (non-hydrogen) atoms. The minimum atomic E-state index is -0.748. The Hall–Kier alpha value is -3.93. The van der Waals surface area contributed by atoms with Crippen LogP contribution in [0.2, 0.25) is 0 Å². The third-order valence-electron chi connectivity index (χ3n) is 4.90. The van der Waals surface area contributed by atoms with Gasteiger partial charge >= 0.3 is 5.97 Å². The maximum atomic E-state index is 13.6. The predicted molar refractivity (Wildman–Crippen MR) is 111 cm³/mol. The largest absolute Gasteiger partial charge is 0.505 e. The first-order valence-electron chi connectivity index (χ1n) is 9.01. The summed E-state index contributed by atoms with van der Waals surface area (Å²) in [6.45, 7) is 1.75. The molecule has 0 saturated carbocycles. The van der Waals surface area contributed by atoms with Gasteiger partial charge in [-0.15, -0.1) is 0 Å². The molecule has 0 saturated heterocycles. The van der Waals surface area contributed by atoms with E-state index in [9.17, 15) is 14.7 Å². The van der Waals surface area contributed by atoms with E-state index in [1.54, 1.807) is 19.1 Å². The molecule has 6 heteroatoms. The van der Waals surface area contributed by atoms with Crippen LogP contribution in [0.1, 0.15) is 16.1 Å². The number of para-hydroxylation sites is 1. The molecule has 2 aromatic heterocycles. The average molecular weight is 386 g/mol. The number of benzene rings is 2. The summed E-state index contributed by atoms with van der Waals surface area (Å²) in [5.74, 6) is -1.06. The lowest BCUT2D eigenvalue weighted by molar-refractivity contribution is 0.0591. The highest BCUT2D eigenvalue weighted by molar-refractivity contribution is 6.01. The second kappa shape index (κ2) is 7.24. The number of carbonyl (C=O) groups is 1. The summed E-state index contributed by atoms with van der Waals surface area (Å²) in [7, 11) is 1.22. The van der Waals surface area contributed by atoms with Crippen molar-refractivity contribution in [1.29, 1.82) is 0 Å². The topological polar surface area (TPSA) is 81.4 Å². The first-order valence-corrected chi connectivity index (χ1v) is 9.01. The second-order valence-electron chi connectivity index (χ2n) is 6.55. The summed E-state index contributed by atoms with van der Waals surface area (Å²) in [5.41, 5.74) is 2.33. The van der Waals surface area contributed by atoms with E-state index in [1.807, 2.05) is 48.5 Å². The van der Waals surface area contributed by atoms with Crippen molar-refractivity contribution in [2.75, 3.05) is 7.11 Å². The van der Waals surface area contributed by atoms with Crippen molar-refractivity contribution in [3.05, 3.63) is 88.5 Å². The Morgan fingerprint density at radius 2 is 1.66 bits per heavy atom. The molecule has 144 valence electrons. The first kappa shape index (κ1) is 18.4. The van der Waals surface area contributed by atoms with Crippen molar-refractivity contribution < 1.29 is 14.6 Å². The van der Waals surface area contributed by atoms with Gasteiger partial charge in [-0.2, -0.15) is 0 Å². The van der Waals surface area contributed by atoms with Gasteiger partial charge in [-0.3, -0.25) is 9.36 Å². The smallest absolute Gasteiger partial charge is 0.360 e. The molecule has 4 rings (SSSR count). The van der Waals surface area contributed by atoms with Gasteiger partial charge in [-0.25, -0.2) is 9.78 Å². The first-order chi connectivity index (χ1) is 14.0. The van der Waals surface area contributed by atoms with Gasteiger partial charge in [0.05, 0.1) is 24.4 Å². The van der Waals surface area contributed by atoms with Crippen LogP contribution in [0.5, 0.6) is 5.75 Å². The van der Waals surface area contributed by atoms with Gasteiger partial charge in [0.25, 0.3) is 5.56 Å². The van der Waals surface area contributed by atoms with E-state index in [-0.39, 0.29) is 17.0 Å². The monoisotopic (exact) mass is 386 g/mol. The Bertz CT molecular complexity index is 1280. The van der Waals surface area contributed by atoms with Gasteiger partial charge in [-0.1, -0.05) is 48.5 Å². The van der Waals surface area contributed by atoms with E-state index in [0.717, 1.165) is 5.56 Å². The molecular weight excluding hydrogens is 368 g/mol. The average Bonchev–Trinajstić information content (AvgIpc) is 2.75. The standard InChI is InChI=1S/C23H18N2O4/c1-14-18(15-9-5-3-6-10-15)22(27)25(16-11-7-4-8-12-16)17-13-24-20(23(28)29-2)21(26)19(14)17/h3-13,26H,1-2H3. The fourth-order valence-corrected chi connectivity index (χ4v) is 3.56. The summed E-state index contributed by atoms with van der Waals surface area (Å²) in [4.78, 5) is 29.7. The van der Waals surface area contributed by atoms with Crippen LogP contribution in [0.3, 0.4) is 0 Å². The van der Waals surface area contributed by atoms with Crippen molar-refractivity contribution in [2.24, 2.45) is 0 Å². The fourth-order valence-electron chi connectivity index (χ4n) is 3.56. The molecule has 4 aromatic rings. The quantitative estimate of drug-likeness (QED) is 0.541. The number of aryl methyl sites for hydroxylation is 1. The van der Waals surface area contributed by atoms with Crippen molar-refractivity contribution in [2.45, 2.75) is 6.92 Å². The highest BCUT2D eigenvalue weighted by Crippen LogP contribution is 2.35. The van der Waals surface area contributed by atoms with E-state index in [1.165, 1.54) is 17.9 Å². The summed E-state index contributed by atoms with van der Waals surface area (Å²) in [5, 5.41) is 11.3. The number of carbonyl (C=O) groups excluding carboxylic acids is 1. The van der Waals surface area contributed by atoms with Gasteiger partial charge in [-0.05, 0) is 30.2 Å². The number of esters is 1. The number of aromatic hydroxyl groups is 1. The number of aromatic nitrogens is 2. The normalized spacial score (nSPS) is 10.8. The lowest BCUT2D eigenvalue weighted by Crippen LogP contribution is -2.22. The third kappa shape index (κ3) is 2.95. The lowest BCUT2D eigenvalue weighted by Gasteiger charge is -2.17.